The molecule has 1 heterocycles. The van der Waals surface area contributed by atoms with Gasteiger partial charge in [0, 0.05) is 30.9 Å². The third-order valence-corrected chi connectivity index (χ3v) is 2.30. The Hall–Kier alpha value is -1.68. The van der Waals surface area contributed by atoms with E-state index in [4.69, 9.17) is 5.73 Å². The molecule has 4 heteroatoms. The average Bonchev–Trinajstić information content (AvgIpc) is 2.66. The lowest BCUT2D eigenvalue weighted by atomic mass is 10.1. The van der Waals surface area contributed by atoms with Crippen molar-refractivity contribution < 1.29 is 4.39 Å². The first kappa shape index (κ1) is 9.86. The van der Waals surface area contributed by atoms with E-state index in [1.807, 2.05) is 13.2 Å². The van der Waals surface area contributed by atoms with Gasteiger partial charge < -0.3 is 5.73 Å². The molecule has 2 aromatic rings. The van der Waals surface area contributed by atoms with Crippen molar-refractivity contribution in [2.24, 2.45) is 12.8 Å². The van der Waals surface area contributed by atoms with Crippen LogP contribution in [0.2, 0.25) is 0 Å². The lowest BCUT2D eigenvalue weighted by Crippen LogP contribution is -1.99. The van der Waals surface area contributed by atoms with Gasteiger partial charge in [0.15, 0.2) is 0 Å². The number of nitrogens with zero attached hydrogens (tertiary/aromatic N) is 2. The Labute approximate surface area is 87.3 Å². The first-order valence-corrected chi connectivity index (χ1v) is 4.68. The maximum Gasteiger partial charge on any atom is 0.127 e. The molecule has 0 radical (unpaired) electrons. The zero-order valence-corrected chi connectivity index (χ0v) is 8.44. The predicted octanol–water partition coefficient (Wildman–Crippen LogP) is 1.68. The molecule has 0 spiro atoms. The molecule has 1 aromatic carbocycles. The van der Waals surface area contributed by atoms with Crippen LogP contribution in [0.15, 0.2) is 30.6 Å². The van der Waals surface area contributed by atoms with Crippen LogP contribution in [0.5, 0.6) is 0 Å². The van der Waals surface area contributed by atoms with E-state index in [-0.39, 0.29) is 12.4 Å². The van der Waals surface area contributed by atoms with Crippen LogP contribution in [0, 0.1) is 5.82 Å². The second kappa shape index (κ2) is 3.82. The zero-order chi connectivity index (χ0) is 10.8. The van der Waals surface area contributed by atoms with Gasteiger partial charge in [0.25, 0.3) is 0 Å². The summed E-state index contributed by atoms with van der Waals surface area (Å²) in [5.41, 5.74) is 7.87. The number of aromatic nitrogens is 2. The first-order chi connectivity index (χ1) is 7.20. The lowest BCUT2D eigenvalue weighted by molar-refractivity contribution is 0.611. The molecule has 2 N–H and O–H groups in total. The summed E-state index contributed by atoms with van der Waals surface area (Å²) in [5.74, 6) is -0.259. The first-order valence-electron chi connectivity index (χ1n) is 4.68. The van der Waals surface area contributed by atoms with Crippen LogP contribution in [0.3, 0.4) is 0 Å². The Morgan fingerprint density at radius 2 is 2.20 bits per heavy atom. The van der Waals surface area contributed by atoms with Crippen molar-refractivity contribution in [2.75, 3.05) is 0 Å². The van der Waals surface area contributed by atoms with Crippen molar-refractivity contribution in [3.63, 3.8) is 0 Å². The second-order valence-corrected chi connectivity index (χ2v) is 3.41. The standard InChI is InChI=1S/C11H12FN3/c1-15-7-10(6-14-15)8-2-3-11(12)9(4-8)5-13/h2-4,6-7H,5,13H2,1H3. The van der Waals surface area contributed by atoms with Gasteiger partial charge in [-0.15, -0.1) is 0 Å². The summed E-state index contributed by atoms with van der Waals surface area (Å²) >= 11 is 0. The van der Waals surface area contributed by atoms with Crippen LogP contribution >= 0.6 is 0 Å². The summed E-state index contributed by atoms with van der Waals surface area (Å²) in [6.07, 6.45) is 3.63. The average molecular weight is 205 g/mol. The van der Waals surface area contributed by atoms with Crippen LogP contribution in [0.1, 0.15) is 5.56 Å². The minimum absolute atomic E-state index is 0.208. The predicted molar refractivity (Wildman–Crippen MR) is 56.5 cm³/mol. The van der Waals surface area contributed by atoms with Crippen molar-refractivity contribution in [1.82, 2.24) is 9.78 Å². The van der Waals surface area contributed by atoms with Crippen molar-refractivity contribution in [1.29, 1.82) is 0 Å². The minimum Gasteiger partial charge on any atom is -0.326 e. The SMILES string of the molecule is Cn1cc(-c2ccc(F)c(CN)c2)cn1. The van der Waals surface area contributed by atoms with Gasteiger partial charge in [-0.25, -0.2) is 4.39 Å². The normalized spacial score (nSPS) is 10.6. The van der Waals surface area contributed by atoms with Gasteiger partial charge >= 0.3 is 0 Å². The molecule has 15 heavy (non-hydrogen) atoms. The third-order valence-electron chi connectivity index (χ3n) is 2.30. The molecular weight excluding hydrogens is 193 g/mol. The molecule has 0 unspecified atom stereocenters. The highest BCUT2D eigenvalue weighted by atomic mass is 19.1. The Kier molecular flexibility index (Phi) is 2.51. The van der Waals surface area contributed by atoms with E-state index in [1.54, 1.807) is 23.0 Å². The van der Waals surface area contributed by atoms with Gasteiger partial charge in [-0.05, 0) is 17.7 Å². The molecular formula is C11H12FN3. The van der Waals surface area contributed by atoms with Gasteiger partial charge in [0.1, 0.15) is 5.82 Å². The molecule has 0 fully saturated rings. The molecule has 0 amide bonds. The molecule has 2 rings (SSSR count). The van der Waals surface area contributed by atoms with Crippen LogP contribution in [-0.2, 0) is 13.6 Å². The second-order valence-electron chi connectivity index (χ2n) is 3.41. The van der Waals surface area contributed by atoms with E-state index < -0.39 is 0 Å². The Bertz CT molecular complexity index is 476. The molecule has 0 bridgehead atoms. The fourth-order valence-corrected chi connectivity index (χ4v) is 1.48. The molecule has 3 nitrogen and oxygen atoms in total. The highest BCUT2D eigenvalue weighted by Gasteiger charge is 2.04. The number of nitrogens with two attached hydrogens (primary N) is 1. The number of aryl methyl sites for hydroxylation is 1. The van der Waals surface area contributed by atoms with Crippen molar-refractivity contribution >= 4 is 0 Å². The molecule has 78 valence electrons. The van der Waals surface area contributed by atoms with Gasteiger partial charge in [-0.2, -0.15) is 5.10 Å². The van der Waals surface area contributed by atoms with Gasteiger partial charge in [-0.3, -0.25) is 4.68 Å². The Balaban J connectivity index is 2.45. The molecule has 0 aliphatic heterocycles. The highest BCUT2D eigenvalue weighted by Crippen LogP contribution is 2.21. The summed E-state index contributed by atoms with van der Waals surface area (Å²) in [7, 11) is 1.84. The summed E-state index contributed by atoms with van der Waals surface area (Å²) in [5, 5.41) is 4.06. The van der Waals surface area contributed by atoms with Crippen LogP contribution in [0.4, 0.5) is 4.39 Å². The lowest BCUT2D eigenvalue weighted by Gasteiger charge is -2.02. The monoisotopic (exact) mass is 205 g/mol. The number of benzene rings is 1. The molecule has 0 atom stereocenters. The molecule has 0 aliphatic carbocycles. The molecule has 0 aliphatic rings. The fraction of sp³-hybridized carbons (Fsp3) is 0.182. The highest BCUT2D eigenvalue weighted by molar-refractivity contribution is 5.62. The Morgan fingerprint density at radius 1 is 1.40 bits per heavy atom. The zero-order valence-electron chi connectivity index (χ0n) is 8.44. The van der Waals surface area contributed by atoms with Crippen molar-refractivity contribution in [3.8, 4) is 11.1 Å². The summed E-state index contributed by atoms with van der Waals surface area (Å²) in [6, 6.07) is 4.92. The molecule has 1 aromatic heterocycles. The Morgan fingerprint density at radius 3 is 2.80 bits per heavy atom. The van der Waals surface area contributed by atoms with Crippen LogP contribution in [-0.4, -0.2) is 9.78 Å². The van der Waals surface area contributed by atoms with E-state index in [9.17, 15) is 4.39 Å². The maximum absolute atomic E-state index is 13.2. The van der Waals surface area contributed by atoms with E-state index in [0.29, 0.717) is 5.56 Å². The van der Waals surface area contributed by atoms with Gasteiger partial charge in [-0.1, -0.05) is 6.07 Å². The van der Waals surface area contributed by atoms with Gasteiger partial charge in [0.2, 0.25) is 0 Å². The summed E-state index contributed by atoms with van der Waals surface area (Å²) < 4.78 is 14.9. The topological polar surface area (TPSA) is 43.8 Å². The molecule has 0 saturated heterocycles. The van der Waals surface area contributed by atoms with Crippen LogP contribution in [0.25, 0.3) is 11.1 Å². The summed E-state index contributed by atoms with van der Waals surface area (Å²) in [6.45, 7) is 0.208. The largest absolute Gasteiger partial charge is 0.326 e. The quantitative estimate of drug-likeness (QED) is 0.810. The fourth-order valence-electron chi connectivity index (χ4n) is 1.48. The van der Waals surface area contributed by atoms with Gasteiger partial charge in [0.05, 0.1) is 6.20 Å². The number of rotatable bonds is 2. The third kappa shape index (κ3) is 1.89. The number of hydrogen-bond donors (Lipinski definition) is 1. The molecule has 0 saturated carbocycles. The maximum atomic E-state index is 13.2. The summed E-state index contributed by atoms with van der Waals surface area (Å²) in [4.78, 5) is 0. The van der Waals surface area contributed by atoms with E-state index in [0.717, 1.165) is 11.1 Å². The van der Waals surface area contributed by atoms with E-state index in [1.165, 1.54) is 6.07 Å². The van der Waals surface area contributed by atoms with E-state index >= 15 is 0 Å². The van der Waals surface area contributed by atoms with Crippen molar-refractivity contribution in [2.45, 2.75) is 6.54 Å². The van der Waals surface area contributed by atoms with Crippen LogP contribution < -0.4 is 5.73 Å². The number of hydrogen-bond acceptors (Lipinski definition) is 2. The minimum atomic E-state index is -0.259. The number of halogens is 1. The van der Waals surface area contributed by atoms with E-state index in [2.05, 4.69) is 5.10 Å². The smallest absolute Gasteiger partial charge is 0.127 e. The van der Waals surface area contributed by atoms with Crippen molar-refractivity contribution in [3.05, 3.63) is 42.0 Å².